The Labute approximate surface area is 152 Å². The van der Waals surface area contributed by atoms with Gasteiger partial charge >= 0.3 is 0 Å². The molecule has 0 fully saturated rings. The number of nitro groups is 2. The van der Waals surface area contributed by atoms with E-state index in [-0.39, 0.29) is 22.9 Å². The first-order chi connectivity index (χ1) is 12.9. The Morgan fingerprint density at radius 1 is 1.04 bits per heavy atom. The van der Waals surface area contributed by atoms with Gasteiger partial charge in [0.1, 0.15) is 0 Å². The topological polar surface area (TPSA) is 133 Å². The highest BCUT2D eigenvalue weighted by atomic mass is 16.6. The van der Waals surface area contributed by atoms with Crippen LogP contribution in [-0.4, -0.2) is 25.3 Å². The summed E-state index contributed by atoms with van der Waals surface area (Å²) in [6, 6.07) is 11.4. The smallest absolute Gasteiger partial charge is 0.270 e. The molecule has 1 heterocycles. The lowest BCUT2D eigenvalue weighted by Gasteiger charge is -2.07. The van der Waals surface area contributed by atoms with Gasteiger partial charge in [-0.1, -0.05) is 18.2 Å². The number of hydrogen-bond acceptors (Lipinski definition) is 6. The second-order valence-corrected chi connectivity index (χ2v) is 5.60. The molecule has 3 rings (SSSR count). The molecule has 10 heteroatoms. The van der Waals surface area contributed by atoms with Crippen LogP contribution in [-0.2, 0) is 7.05 Å². The lowest BCUT2D eigenvalue weighted by Crippen LogP contribution is -2.15. The quantitative estimate of drug-likeness (QED) is 0.544. The largest absolute Gasteiger partial charge is 0.313 e. The fourth-order valence-electron chi connectivity index (χ4n) is 2.51. The summed E-state index contributed by atoms with van der Waals surface area (Å²) in [6.07, 6.45) is 1.47. The summed E-state index contributed by atoms with van der Waals surface area (Å²) in [6.45, 7) is 0. The fraction of sp³-hybridized carbons (Fsp3) is 0.0588. The summed E-state index contributed by atoms with van der Waals surface area (Å²) in [4.78, 5) is 37.2. The SMILES string of the molecule is Cn1c(-c2cccc([N+](=O)[O-])c2)cnc1NC(=O)c1cccc([N+](=O)[O-])c1. The molecule has 1 aromatic heterocycles. The van der Waals surface area contributed by atoms with Crippen molar-refractivity contribution in [3.05, 3.63) is 80.5 Å². The van der Waals surface area contributed by atoms with Gasteiger partial charge in [0.25, 0.3) is 17.3 Å². The molecule has 0 unspecified atom stereocenters. The van der Waals surface area contributed by atoms with E-state index in [1.54, 1.807) is 23.7 Å². The average molecular weight is 367 g/mol. The minimum Gasteiger partial charge on any atom is -0.313 e. The van der Waals surface area contributed by atoms with Crippen molar-refractivity contribution < 1.29 is 14.6 Å². The molecule has 0 radical (unpaired) electrons. The second kappa shape index (κ2) is 7.04. The Morgan fingerprint density at radius 2 is 1.67 bits per heavy atom. The molecule has 10 nitrogen and oxygen atoms in total. The van der Waals surface area contributed by atoms with Crippen LogP contribution in [0.1, 0.15) is 10.4 Å². The van der Waals surface area contributed by atoms with Gasteiger partial charge < -0.3 is 4.57 Å². The summed E-state index contributed by atoms with van der Waals surface area (Å²) in [7, 11) is 1.64. The summed E-state index contributed by atoms with van der Waals surface area (Å²) in [5, 5.41) is 24.3. The maximum absolute atomic E-state index is 12.4. The predicted octanol–water partition coefficient (Wildman–Crippen LogP) is 3.16. The van der Waals surface area contributed by atoms with E-state index in [4.69, 9.17) is 0 Å². The van der Waals surface area contributed by atoms with Crippen molar-refractivity contribution in [2.75, 3.05) is 5.32 Å². The van der Waals surface area contributed by atoms with E-state index < -0.39 is 15.8 Å². The van der Waals surface area contributed by atoms with Gasteiger partial charge in [-0.05, 0) is 6.07 Å². The van der Waals surface area contributed by atoms with Gasteiger partial charge in [-0.15, -0.1) is 0 Å². The molecule has 0 saturated carbocycles. The highest BCUT2D eigenvalue weighted by molar-refractivity contribution is 6.03. The third-order valence-electron chi connectivity index (χ3n) is 3.89. The van der Waals surface area contributed by atoms with E-state index in [0.717, 1.165) is 0 Å². The van der Waals surface area contributed by atoms with Crippen LogP contribution in [0, 0.1) is 20.2 Å². The van der Waals surface area contributed by atoms with Crippen molar-refractivity contribution in [2.24, 2.45) is 7.05 Å². The van der Waals surface area contributed by atoms with Crippen molar-refractivity contribution in [3.8, 4) is 11.3 Å². The number of benzene rings is 2. The van der Waals surface area contributed by atoms with E-state index in [9.17, 15) is 25.0 Å². The lowest BCUT2D eigenvalue weighted by molar-refractivity contribution is -0.385. The molecule has 27 heavy (non-hydrogen) atoms. The van der Waals surface area contributed by atoms with Crippen LogP contribution < -0.4 is 5.32 Å². The van der Waals surface area contributed by atoms with Crippen molar-refractivity contribution >= 4 is 23.2 Å². The summed E-state index contributed by atoms with van der Waals surface area (Å²) in [5.74, 6) is -0.356. The molecule has 0 aliphatic carbocycles. The third-order valence-corrected chi connectivity index (χ3v) is 3.89. The summed E-state index contributed by atoms with van der Waals surface area (Å²) >= 11 is 0. The van der Waals surface area contributed by atoms with Crippen molar-refractivity contribution in [3.63, 3.8) is 0 Å². The van der Waals surface area contributed by atoms with Crippen LogP contribution in [0.2, 0.25) is 0 Å². The standard InChI is InChI=1S/C17H13N5O5/c1-20-15(11-4-2-6-13(8-11)21(24)25)10-18-17(20)19-16(23)12-5-3-7-14(9-12)22(26)27/h2-10H,1H3,(H,18,19,23). The molecule has 0 spiro atoms. The highest BCUT2D eigenvalue weighted by Crippen LogP contribution is 2.25. The Hall–Kier alpha value is -4.08. The first-order valence-electron chi connectivity index (χ1n) is 7.69. The lowest BCUT2D eigenvalue weighted by atomic mass is 10.1. The number of anilines is 1. The van der Waals surface area contributed by atoms with Crippen LogP contribution in [0.3, 0.4) is 0 Å². The number of nitro benzene ring substituents is 2. The van der Waals surface area contributed by atoms with E-state index >= 15 is 0 Å². The number of nitrogens with one attached hydrogen (secondary N) is 1. The zero-order valence-electron chi connectivity index (χ0n) is 14.0. The molecule has 0 saturated heterocycles. The first kappa shape index (κ1) is 17.7. The minimum absolute atomic E-state index is 0.0594. The summed E-state index contributed by atoms with van der Waals surface area (Å²) in [5.41, 5.74) is 0.989. The number of aromatic nitrogens is 2. The van der Waals surface area contributed by atoms with Gasteiger partial charge in [-0.2, -0.15) is 0 Å². The Morgan fingerprint density at radius 3 is 2.33 bits per heavy atom. The minimum atomic E-state index is -0.585. The van der Waals surface area contributed by atoms with Gasteiger partial charge in [0.15, 0.2) is 0 Å². The fourth-order valence-corrected chi connectivity index (χ4v) is 2.51. The Kier molecular flexibility index (Phi) is 4.62. The zero-order chi connectivity index (χ0) is 19.6. The van der Waals surface area contributed by atoms with Crippen LogP contribution >= 0.6 is 0 Å². The molecule has 0 aliphatic rings. The number of rotatable bonds is 5. The third kappa shape index (κ3) is 3.63. The van der Waals surface area contributed by atoms with Gasteiger partial charge in [-0.3, -0.25) is 30.3 Å². The molecular formula is C17H13N5O5. The zero-order valence-corrected chi connectivity index (χ0v) is 14.0. The van der Waals surface area contributed by atoms with Crippen LogP contribution in [0.25, 0.3) is 11.3 Å². The van der Waals surface area contributed by atoms with E-state index in [2.05, 4.69) is 10.3 Å². The first-order valence-corrected chi connectivity index (χ1v) is 7.69. The van der Waals surface area contributed by atoms with Gasteiger partial charge in [0, 0.05) is 42.4 Å². The van der Waals surface area contributed by atoms with Crippen molar-refractivity contribution in [1.82, 2.24) is 9.55 Å². The molecule has 3 aromatic rings. The second-order valence-electron chi connectivity index (χ2n) is 5.60. The molecule has 1 N–H and O–H groups in total. The van der Waals surface area contributed by atoms with Gasteiger partial charge in [-0.25, -0.2) is 4.98 Å². The normalized spacial score (nSPS) is 10.4. The maximum atomic E-state index is 12.4. The molecular weight excluding hydrogens is 354 g/mol. The average Bonchev–Trinajstić information content (AvgIpc) is 3.02. The molecule has 0 bridgehead atoms. The van der Waals surface area contributed by atoms with Crippen molar-refractivity contribution in [1.29, 1.82) is 0 Å². The highest BCUT2D eigenvalue weighted by Gasteiger charge is 2.16. The maximum Gasteiger partial charge on any atom is 0.270 e. The molecule has 0 atom stereocenters. The number of non-ortho nitro benzene ring substituents is 2. The van der Waals surface area contributed by atoms with E-state index in [1.807, 2.05) is 0 Å². The number of carbonyl (C=O) groups is 1. The molecule has 2 aromatic carbocycles. The number of carbonyl (C=O) groups excluding carboxylic acids is 1. The van der Waals surface area contributed by atoms with E-state index in [0.29, 0.717) is 11.3 Å². The van der Waals surface area contributed by atoms with Crippen molar-refractivity contribution in [2.45, 2.75) is 0 Å². The molecule has 1 amide bonds. The van der Waals surface area contributed by atoms with Gasteiger partial charge in [0.05, 0.1) is 21.7 Å². The number of imidazole rings is 1. The van der Waals surface area contributed by atoms with Crippen LogP contribution in [0.5, 0.6) is 0 Å². The number of nitrogens with zero attached hydrogens (tertiary/aromatic N) is 4. The Bertz CT molecular complexity index is 1060. The van der Waals surface area contributed by atoms with Crippen LogP contribution in [0.4, 0.5) is 17.3 Å². The Balaban J connectivity index is 1.87. The summed E-state index contributed by atoms with van der Waals surface area (Å²) < 4.78 is 1.56. The molecule has 0 aliphatic heterocycles. The monoisotopic (exact) mass is 367 g/mol. The predicted molar refractivity (Wildman–Crippen MR) is 96.3 cm³/mol. The number of hydrogen-bond donors (Lipinski definition) is 1. The van der Waals surface area contributed by atoms with Crippen LogP contribution in [0.15, 0.2) is 54.7 Å². The van der Waals surface area contributed by atoms with Gasteiger partial charge in [0.2, 0.25) is 5.95 Å². The number of amides is 1. The van der Waals surface area contributed by atoms with E-state index in [1.165, 1.54) is 42.6 Å². The molecule has 136 valence electrons.